The second kappa shape index (κ2) is 9.07. The van der Waals surface area contributed by atoms with Crippen LogP contribution in [0.15, 0.2) is 48.0 Å². The Kier molecular flexibility index (Phi) is 6.51. The van der Waals surface area contributed by atoms with E-state index in [1.54, 1.807) is 42.5 Å². The van der Waals surface area contributed by atoms with Gasteiger partial charge < -0.3 is 9.47 Å². The maximum absolute atomic E-state index is 13.1. The fourth-order valence-corrected chi connectivity index (χ4v) is 3.30. The molecule has 1 fully saturated rings. The molecule has 0 aromatic heterocycles. The molecule has 29 heavy (non-hydrogen) atoms. The number of benzene rings is 2. The summed E-state index contributed by atoms with van der Waals surface area (Å²) in [6.07, 6.45) is 1.48. The standard InChI is InChI=1S/C21H19ClN2O4S/c1-3-27-16-9-8-13(18(12-16)28-4-2)10-17-19(25)23-21(29)24(20(17)26)15-7-5-6-14(22)11-15/h5-12H,3-4H2,1-2H3,(H,23,25,29). The SMILES string of the molecule is CCOc1ccc(C=C2C(=O)NC(=S)N(c3cccc(Cl)c3)C2=O)c(OCC)c1. The Morgan fingerprint density at radius 3 is 2.55 bits per heavy atom. The molecule has 8 heteroatoms. The maximum atomic E-state index is 13.1. The molecule has 1 aliphatic heterocycles. The Labute approximate surface area is 179 Å². The summed E-state index contributed by atoms with van der Waals surface area (Å²) < 4.78 is 11.2. The van der Waals surface area contributed by atoms with E-state index >= 15 is 0 Å². The molecule has 0 radical (unpaired) electrons. The van der Waals surface area contributed by atoms with Gasteiger partial charge in [0, 0.05) is 16.7 Å². The van der Waals surface area contributed by atoms with E-state index in [9.17, 15) is 9.59 Å². The van der Waals surface area contributed by atoms with Crippen LogP contribution in [0.4, 0.5) is 5.69 Å². The highest BCUT2D eigenvalue weighted by Gasteiger charge is 2.34. The number of rotatable bonds is 6. The molecule has 1 saturated heterocycles. The highest BCUT2D eigenvalue weighted by Crippen LogP contribution is 2.29. The topological polar surface area (TPSA) is 67.9 Å². The van der Waals surface area contributed by atoms with Crippen LogP contribution < -0.4 is 19.7 Å². The lowest BCUT2D eigenvalue weighted by atomic mass is 10.1. The predicted molar refractivity (Wildman–Crippen MR) is 116 cm³/mol. The average molecular weight is 431 g/mol. The lowest BCUT2D eigenvalue weighted by Crippen LogP contribution is -2.54. The zero-order valence-corrected chi connectivity index (χ0v) is 17.5. The molecule has 0 spiro atoms. The van der Waals surface area contributed by atoms with Crippen LogP contribution in [0.2, 0.25) is 5.02 Å². The monoisotopic (exact) mass is 430 g/mol. The number of carbonyl (C=O) groups is 2. The molecule has 1 N–H and O–H groups in total. The second-order valence-electron chi connectivity index (χ2n) is 6.00. The number of halogens is 1. The van der Waals surface area contributed by atoms with Gasteiger partial charge in [0.25, 0.3) is 11.8 Å². The molecule has 0 atom stereocenters. The molecule has 0 bridgehead atoms. The Morgan fingerprint density at radius 2 is 1.86 bits per heavy atom. The third-order valence-corrected chi connectivity index (χ3v) is 4.58. The van der Waals surface area contributed by atoms with Crippen LogP contribution in [0.3, 0.4) is 0 Å². The van der Waals surface area contributed by atoms with Crippen molar-refractivity contribution in [1.82, 2.24) is 5.32 Å². The number of hydrogen-bond acceptors (Lipinski definition) is 5. The summed E-state index contributed by atoms with van der Waals surface area (Å²) in [7, 11) is 0. The first-order chi connectivity index (χ1) is 13.9. The number of carbonyl (C=O) groups excluding carboxylic acids is 2. The van der Waals surface area contributed by atoms with E-state index in [0.29, 0.717) is 41.0 Å². The van der Waals surface area contributed by atoms with Gasteiger partial charge in [-0.3, -0.25) is 19.8 Å². The highest BCUT2D eigenvalue weighted by molar-refractivity contribution is 7.80. The molecule has 2 aromatic rings. The smallest absolute Gasteiger partial charge is 0.270 e. The number of thiocarbonyl (C=S) groups is 1. The van der Waals surface area contributed by atoms with E-state index < -0.39 is 11.8 Å². The van der Waals surface area contributed by atoms with Crippen molar-refractivity contribution in [2.75, 3.05) is 18.1 Å². The molecule has 6 nitrogen and oxygen atoms in total. The van der Waals surface area contributed by atoms with Crippen molar-refractivity contribution in [2.45, 2.75) is 13.8 Å². The lowest BCUT2D eigenvalue weighted by molar-refractivity contribution is -0.122. The normalized spacial score (nSPS) is 15.5. The van der Waals surface area contributed by atoms with Crippen molar-refractivity contribution in [3.8, 4) is 11.5 Å². The lowest BCUT2D eigenvalue weighted by Gasteiger charge is -2.29. The van der Waals surface area contributed by atoms with Crippen LogP contribution in [0, 0.1) is 0 Å². The van der Waals surface area contributed by atoms with Crippen molar-refractivity contribution in [2.24, 2.45) is 0 Å². The molecule has 1 aliphatic rings. The van der Waals surface area contributed by atoms with Crippen LogP contribution in [0.25, 0.3) is 6.08 Å². The van der Waals surface area contributed by atoms with E-state index in [1.807, 2.05) is 13.8 Å². The molecule has 0 unspecified atom stereocenters. The first-order valence-corrected chi connectivity index (χ1v) is 9.79. The number of anilines is 1. The van der Waals surface area contributed by atoms with Gasteiger partial charge in [0.2, 0.25) is 0 Å². The number of amides is 2. The van der Waals surface area contributed by atoms with E-state index in [-0.39, 0.29) is 10.7 Å². The van der Waals surface area contributed by atoms with Gasteiger partial charge in [-0.05, 0) is 62.5 Å². The fraction of sp³-hybridized carbons (Fsp3) is 0.190. The molecule has 150 valence electrons. The van der Waals surface area contributed by atoms with Gasteiger partial charge in [0.05, 0.1) is 18.9 Å². The largest absolute Gasteiger partial charge is 0.494 e. The Hall–Kier alpha value is -2.90. The molecular weight excluding hydrogens is 412 g/mol. The first-order valence-electron chi connectivity index (χ1n) is 9.01. The number of ether oxygens (including phenoxy) is 2. The third kappa shape index (κ3) is 4.58. The minimum Gasteiger partial charge on any atom is -0.494 e. The van der Waals surface area contributed by atoms with Gasteiger partial charge in [-0.1, -0.05) is 17.7 Å². The number of hydrogen-bond donors (Lipinski definition) is 1. The molecule has 0 saturated carbocycles. The summed E-state index contributed by atoms with van der Waals surface area (Å²) in [6.45, 7) is 4.67. The van der Waals surface area contributed by atoms with Crippen LogP contribution in [-0.2, 0) is 9.59 Å². The number of nitrogens with zero attached hydrogens (tertiary/aromatic N) is 1. The minimum atomic E-state index is -0.574. The van der Waals surface area contributed by atoms with E-state index in [1.165, 1.54) is 11.0 Å². The van der Waals surface area contributed by atoms with Crippen molar-refractivity contribution < 1.29 is 19.1 Å². The van der Waals surface area contributed by atoms with Gasteiger partial charge in [0.15, 0.2) is 5.11 Å². The highest BCUT2D eigenvalue weighted by atomic mass is 35.5. The summed E-state index contributed by atoms with van der Waals surface area (Å²) in [5.41, 5.74) is 0.978. The molecule has 3 rings (SSSR count). The molecule has 0 aliphatic carbocycles. The summed E-state index contributed by atoms with van der Waals surface area (Å²) in [6, 6.07) is 11.9. The first kappa shape index (κ1) is 20.8. The van der Waals surface area contributed by atoms with Crippen LogP contribution in [-0.4, -0.2) is 30.1 Å². The van der Waals surface area contributed by atoms with E-state index in [0.717, 1.165) is 0 Å². The van der Waals surface area contributed by atoms with Crippen LogP contribution in [0.5, 0.6) is 11.5 Å². The molecule has 2 aromatic carbocycles. The minimum absolute atomic E-state index is 0.00357. The third-order valence-electron chi connectivity index (χ3n) is 4.06. The average Bonchev–Trinajstić information content (AvgIpc) is 2.67. The van der Waals surface area contributed by atoms with E-state index in [4.69, 9.17) is 33.3 Å². The Balaban J connectivity index is 2.02. The quantitative estimate of drug-likeness (QED) is 0.426. The van der Waals surface area contributed by atoms with Crippen molar-refractivity contribution in [3.05, 3.63) is 58.6 Å². The zero-order valence-electron chi connectivity index (χ0n) is 15.9. The summed E-state index contributed by atoms with van der Waals surface area (Å²) >= 11 is 11.2. The number of nitrogens with one attached hydrogen (secondary N) is 1. The van der Waals surface area contributed by atoms with Gasteiger partial charge >= 0.3 is 0 Å². The van der Waals surface area contributed by atoms with E-state index in [2.05, 4.69) is 5.32 Å². The van der Waals surface area contributed by atoms with Crippen molar-refractivity contribution >= 4 is 52.5 Å². The second-order valence-corrected chi connectivity index (χ2v) is 6.83. The maximum Gasteiger partial charge on any atom is 0.270 e. The summed E-state index contributed by atoms with van der Waals surface area (Å²) in [5, 5.41) is 3.00. The fourth-order valence-electron chi connectivity index (χ4n) is 2.83. The van der Waals surface area contributed by atoms with Crippen LogP contribution in [0.1, 0.15) is 19.4 Å². The molecular formula is C21H19ClN2O4S. The van der Waals surface area contributed by atoms with Gasteiger partial charge in [-0.2, -0.15) is 0 Å². The van der Waals surface area contributed by atoms with Crippen LogP contribution >= 0.6 is 23.8 Å². The molecule has 1 heterocycles. The van der Waals surface area contributed by atoms with Gasteiger partial charge in [-0.15, -0.1) is 0 Å². The summed E-state index contributed by atoms with van der Waals surface area (Å²) in [5.74, 6) is 0.0280. The Bertz CT molecular complexity index is 1010. The predicted octanol–water partition coefficient (Wildman–Crippen LogP) is 3.97. The Morgan fingerprint density at radius 1 is 1.10 bits per heavy atom. The molecule has 2 amide bonds. The zero-order chi connectivity index (χ0) is 21.0. The van der Waals surface area contributed by atoms with Crippen molar-refractivity contribution in [3.63, 3.8) is 0 Å². The van der Waals surface area contributed by atoms with Gasteiger partial charge in [0.1, 0.15) is 17.1 Å². The summed E-state index contributed by atoms with van der Waals surface area (Å²) in [4.78, 5) is 26.8. The van der Waals surface area contributed by atoms with Crippen molar-refractivity contribution in [1.29, 1.82) is 0 Å². The van der Waals surface area contributed by atoms with Gasteiger partial charge in [-0.25, -0.2) is 0 Å².